The molecule has 0 saturated heterocycles. The van der Waals surface area contributed by atoms with Gasteiger partial charge in [-0.15, -0.1) is 0 Å². The molecule has 0 atom stereocenters. The van der Waals surface area contributed by atoms with Crippen LogP contribution in [-0.4, -0.2) is 36.1 Å². The molecule has 0 spiro atoms. The minimum Gasteiger partial charge on any atom is -0.297 e. The Labute approximate surface area is 149 Å². The predicted octanol–water partition coefficient (Wildman–Crippen LogP) is 2.04. The molecule has 0 amide bonds. The topological polar surface area (TPSA) is 83.1 Å². The highest BCUT2D eigenvalue weighted by molar-refractivity contribution is 7.90. The van der Waals surface area contributed by atoms with E-state index < -0.39 is 15.4 Å². The third kappa shape index (κ3) is 3.49. The largest absolute Gasteiger partial charge is 0.297 e. The molecule has 0 fully saturated rings. The summed E-state index contributed by atoms with van der Waals surface area (Å²) in [6.07, 6.45) is 1.51. The highest BCUT2D eigenvalue weighted by Crippen LogP contribution is 2.27. The smallest absolute Gasteiger partial charge is 0.255 e. The van der Waals surface area contributed by atoms with Crippen molar-refractivity contribution in [3.05, 3.63) is 55.4 Å². The number of nitrogens with one attached hydrogen (secondary N) is 1. The molecule has 2 heterocycles. The molecule has 0 saturated carbocycles. The van der Waals surface area contributed by atoms with E-state index >= 15 is 0 Å². The Morgan fingerprint density at radius 1 is 1.29 bits per heavy atom. The molecule has 1 aromatic heterocycles. The molecule has 0 aliphatic carbocycles. The van der Waals surface area contributed by atoms with E-state index in [1.54, 1.807) is 18.2 Å². The Bertz CT molecular complexity index is 937. The Balaban J connectivity index is 1.92. The van der Waals surface area contributed by atoms with Gasteiger partial charge in [0.05, 0.1) is 5.69 Å². The average Bonchev–Trinajstić information content (AvgIpc) is 2.50. The highest BCUT2D eigenvalue weighted by atomic mass is 35.5. The molecule has 3 rings (SSSR count). The number of nitrogens with zero attached hydrogens (tertiary/aromatic N) is 2. The van der Waals surface area contributed by atoms with Gasteiger partial charge in [0.25, 0.3) is 5.56 Å². The molecule has 1 aliphatic heterocycles. The lowest BCUT2D eigenvalue weighted by molar-refractivity contribution is 0.239. The molecule has 128 valence electrons. The second-order valence-corrected chi connectivity index (χ2v) is 8.47. The third-order valence-corrected chi connectivity index (χ3v) is 5.53. The van der Waals surface area contributed by atoms with E-state index in [1.807, 2.05) is 4.90 Å². The SMILES string of the molecule is CS(=O)(=O)c1nc2c(c(=O)[nH]1)CCN(Cc1c(Cl)cccc1Cl)C2. The summed E-state index contributed by atoms with van der Waals surface area (Å²) < 4.78 is 23.3. The van der Waals surface area contributed by atoms with E-state index in [0.29, 0.717) is 47.4 Å². The van der Waals surface area contributed by atoms with E-state index in [0.717, 1.165) is 11.8 Å². The maximum Gasteiger partial charge on any atom is 0.255 e. The molecule has 0 radical (unpaired) electrons. The molecule has 1 aromatic carbocycles. The van der Waals surface area contributed by atoms with Gasteiger partial charge in [0.2, 0.25) is 15.0 Å². The van der Waals surface area contributed by atoms with Crippen LogP contribution in [0, 0.1) is 0 Å². The first-order valence-electron chi connectivity index (χ1n) is 7.23. The monoisotopic (exact) mass is 387 g/mol. The van der Waals surface area contributed by atoms with Gasteiger partial charge in [-0.05, 0) is 18.6 Å². The van der Waals surface area contributed by atoms with Gasteiger partial charge in [0.15, 0.2) is 0 Å². The minimum absolute atomic E-state index is 0.302. The lowest BCUT2D eigenvalue weighted by Crippen LogP contribution is -2.35. The normalized spacial score (nSPS) is 15.3. The third-order valence-electron chi connectivity index (χ3n) is 3.93. The van der Waals surface area contributed by atoms with E-state index in [2.05, 4.69) is 9.97 Å². The maximum atomic E-state index is 12.1. The fraction of sp³-hybridized carbons (Fsp3) is 0.333. The number of rotatable bonds is 3. The van der Waals surface area contributed by atoms with Gasteiger partial charge in [0.1, 0.15) is 0 Å². The molecule has 1 aliphatic rings. The summed E-state index contributed by atoms with van der Waals surface area (Å²) in [5.74, 6) is 0. The van der Waals surface area contributed by atoms with Crippen LogP contribution >= 0.6 is 23.2 Å². The summed E-state index contributed by atoms with van der Waals surface area (Å²) in [7, 11) is -3.58. The first-order valence-corrected chi connectivity index (χ1v) is 9.88. The second-order valence-electron chi connectivity index (χ2n) is 5.73. The summed E-state index contributed by atoms with van der Waals surface area (Å²) in [6.45, 7) is 1.50. The maximum absolute atomic E-state index is 12.1. The number of fused-ring (bicyclic) bond motifs is 1. The molecule has 0 unspecified atom stereocenters. The highest BCUT2D eigenvalue weighted by Gasteiger charge is 2.24. The average molecular weight is 388 g/mol. The number of benzene rings is 1. The Hall–Kier alpha value is -1.41. The standard InChI is InChI=1S/C15H15Cl2N3O3S/c1-24(22,23)15-18-13-8-20(6-5-9(13)14(21)19-15)7-10-11(16)3-2-4-12(10)17/h2-4H,5-8H2,1H3,(H,18,19,21). The van der Waals surface area contributed by atoms with Gasteiger partial charge >= 0.3 is 0 Å². The van der Waals surface area contributed by atoms with Gasteiger partial charge in [-0.25, -0.2) is 13.4 Å². The van der Waals surface area contributed by atoms with Crippen LogP contribution in [0.4, 0.5) is 0 Å². The fourth-order valence-electron chi connectivity index (χ4n) is 2.69. The first kappa shape index (κ1) is 17.4. The quantitative estimate of drug-likeness (QED) is 0.814. The molecule has 2 aromatic rings. The lowest BCUT2D eigenvalue weighted by Gasteiger charge is -2.28. The van der Waals surface area contributed by atoms with Gasteiger partial charge < -0.3 is 0 Å². The van der Waals surface area contributed by atoms with Crippen LogP contribution < -0.4 is 5.56 Å². The van der Waals surface area contributed by atoms with Crippen LogP contribution in [0.3, 0.4) is 0 Å². The van der Waals surface area contributed by atoms with E-state index in [1.165, 1.54) is 0 Å². The van der Waals surface area contributed by atoms with Crippen LogP contribution in [-0.2, 0) is 29.3 Å². The molecule has 1 N–H and O–H groups in total. The number of sulfone groups is 1. The van der Waals surface area contributed by atoms with Crippen molar-refractivity contribution in [2.75, 3.05) is 12.8 Å². The van der Waals surface area contributed by atoms with Crippen molar-refractivity contribution >= 4 is 33.0 Å². The lowest BCUT2D eigenvalue weighted by atomic mass is 10.1. The first-order chi connectivity index (χ1) is 11.3. The molecular formula is C15H15Cl2N3O3S. The van der Waals surface area contributed by atoms with Gasteiger partial charge in [-0.1, -0.05) is 29.3 Å². The van der Waals surface area contributed by atoms with Crippen molar-refractivity contribution in [1.82, 2.24) is 14.9 Å². The van der Waals surface area contributed by atoms with Crippen LogP contribution in [0.5, 0.6) is 0 Å². The Morgan fingerprint density at radius 3 is 2.58 bits per heavy atom. The summed E-state index contributed by atoms with van der Waals surface area (Å²) in [4.78, 5) is 20.6. The minimum atomic E-state index is -3.58. The van der Waals surface area contributed by atoms with Crippen molar-refractivity contribution in [1.29, 1.82) is 0 Å². The molecule has 9 heteroatoms. The summed E-state index contributed by atoms with van der Waals surface area (Å²) in [5, 5.41) is 0.844. The Kier molecular flexibility index (Phi) is 4.70. The van der Waals surface area contributed by atoms with E-state index in [-0.39, 0.29) is 5.16 Å². The number of H-pyrrole nitrogens is 1. The zero-order chi connectivity index (χ0) is 17.5. The number of aromatic amines is 1. The summed E-state index contributed by atoms with van der Waals surface area (Å²) in [6, 6.07) is 5.32. The van der Waals surface area contributed by atoms with Gasteiger partial charge in [-0.3, -0.25) is 14.7 Å². The van der Waals surface area contributed by atoms with Crippen molar-refractivity contribution in [3.8, 4) is 0 Å². The van der Waals surface area contributed by atoms with Crippen LogP contribution in [0.2, 0.25) is 10.0 Å². The van der Waals surface area contributed by atoms with Crippen LogP contribution in [0.15, 0.2) is 28.2 Å². The van der Waals surface area contributed by atoms with Crippen LogP contribution in [0.1, 0.15) is 16.8 Å². The van der Waals surface area contributed by atoms with Gasteiger partial charge in [-0.2, -0.15) is 0 Å². The number of aromatic nitrogens is 2. The van der Waals surface area contributed by atoms with Crippen molar-refractivity contribution in [3.63, 3.8) is 0 Å². The summed E-state index contributed by atoms with van der Waals surface area (Å²) in [5.41, 5.74) is 1.42. The van der Waals surface area contributed by atoms with Crippen molar-refractivity contribution < 1.29 is 8.42 Å². The zero-order valence-corrected chi connectivity index (χ0v) is 15.2. The fourth-order valence-corrected chi connectivity index (χ4v) is 3.76. The molecule has 6 nitrogen and oxygen atoms in total. The zero-order valence-electron chi connectivity index (χ0n) is 12.8. The Morgan fingerprint density at radius 2 is 1.96 bits per heavy atom. The number of halogens is 2. The van der Waals surface area contributed by atoms with E-state index in [9.17, 15) is 13.2 Å². The summed E-state index contributed by atoms with van der Waals surface area (Å²) >= 11 is 12.4. The molecule has 24 heavy (non-hydrogen) atoms. The predicted molar refractivity (Wildman–Crippen MR) is 92.2 cm³/mol. The van der Waals surface area contributed by atoms with Crippen molar-refractivity contribution in [2.45, 2.75) is 24.7 Å². The van der Waals surface area contributed by atoms with Crippen molar-refractivity contribution in [2.24, 2.45) is 0 Å². The van der Waals surface area contributed by atoms with Crippen LogP contribution in [0.25, 0.3) is 0 Å². The number of hydrogen-bond acceptors (Lipinski definition) is 5. The molecule has 0 bridgehead atoms. The number of hydrogen-bond donors (Lipinski definition) is 1. The van der Waals surface area contributed by atoms with Gasteiger partial charge in [0, 0.05) is 47.1 Å². The van der Waals surface area contributed by atoms with E-state index in [4.69, 9.17) is 23.2 Å². The second kappa shape index (κ2) is 6.48. The molecular weight excluding hydrogens is 373 g/mol.